The third-order valence-electron chi connectivity index (χ3n) is 3.27. The second-order valence-electron chi connectivity index (χ2n) is 5.19. The molecule has 0 heterocycles. The largest absolute Gasteiger partial charge is 0.291 e. The third kappa shape index (κ3) is 13.3. The third-order valence-corrected chi connectivity index (χ3v) is 3.27. The van der Waals surface area contributed by atoms with Gasteiger partial charge in [0.15, 0.2) is 6.29 Å². The first-order chi connectivity index (χ1) is 10.7. The Balaban J connectivity index is 3.76. The molecule has 0 unspecified atom stereocenters. The molecular formula is C18H28NO3. The van der Waals surface area contributed by atoms with Gasteiger partial charge < -0.3 is 0 Å². The van der Waals surface area contributed by atoms with E-state index in [9.17, 15) is 14.9 Å². The lowest BCUT2D eigenvalue weighted by molar-refractivity contribution is -0.427. The van der Waals surface area contributed by atoms with Crippen LogP contribution in [0.3, 0.4) is 0 Å². The van der Waals surface area contributed by atoms with E-state index in [1.165, 1.54) is 6.42 Å². The molecular weight excluding hydrogens is 278 g/mol. The fraction of sp³-hybridized carbons (Fsp3) is 0.611. The van der Waals surface area contributed by atoms with Gasteiger partial charge in [-0.3, -0.25) is 14.9 Å². The topological polar surface area (TPSA) is 60.2 Å². The van der Waals surface area contributed by atoms with Gasteiger partial charge in [0.1, 0.15) is 0 Å². The van der Waals surface area contributed by atoms with Crippen molar-refractivity contribution >= 4 is 6.29 Å². The van der Waals surface area contributed by atoms with Crippen LogP contribution in [0.25, 0.3) is 0 Å². The summed E-state index contributed by atoms with van der Waals surface area (Å²) in [5, 5.41) is 10.9. The zero-order valence-electron chi connectivity index (χ0n) is 13.6. The summed E-state index contributed by atoms with van der Waals surface area (Å²) in [4.78, 5) is 20.6. The van der Waals surface area contributed by atoms with E-state index in [1.807, 2.05) is 31.4 Å². The first kappa shape index (κ1) is 20.3. The number of hydrogen-bond donors (Lipinski definition) is 0. The number of rotatable bonds is 14. The van der Waals surface area contributed by atoms with E-state index in [1.54, 1.807) is 6.08 Å². The average molecular weight is 306 g/mol. The fourth-order valence-corrected chi connectivity index (χ4v) is 2.01. The smallest absolute Gasteiger partial charge is 0.246 e. The Morgan fingerprint density at radius 3 is 2.45 bits per heavy atom. The Labute approximate surface area is 134 Å². The van der Waals surface area contributed by atoms with E-state index in [0.29, 0.717) is 19.3 Å². The molecule has 0 fully saturated rings. The number of hydrogen-bond acceptors (Lipinski definition) is 3. The average Bonchev–Trinajstić information content (AvgIpc) is 2.50. The monoisotopic (exact) mass is 306 g/mol. The maximum absolute atomic E-state index is 10.9. The van der Waals surface area contributed by atoms with Crippen LogP contribution in [0.15, 0.2) is 36.1 Å². The molecule has 0 aliphatic carbocycles. The Kier molecular flexibility index (Phi) is 14.5. The summed E-state index contributed by atoms with van der Waals surface area (Å²) in [6.45, 7) is 2.01. The molecule has 0 aromatic carbocycles. The van der Waals surface area contributed by atoms with Crippen molar-refractivity contribution in [3.8, 4) is 0 Å². The molecule has 0 amide bonds. The molecule has 0 aromatic heterocycles. The highest BCUT2D eigenvalue weighted by Gasteiger charge is 2.06. The lowest BCUT2D eigenvalue weighted by Crippen LogP contribution is -1.97. The normalized spacial score (nSPS) is 12.3. The summed E-state index contributed by atoms with van der Waals surface area (Å²) in [7, 11) is 0. The predicted molar refractivity (Wildman–Crippen MR) is 90.9 cm³/mol. The van der Waals surface area contributed by atoms with Gasteiger partial charge in [0, 0.05) is 6.42 Å². The van der Waals surface area contributed by atoms with Gasteiger partial charge in [-0.2, -0.15) is 0 Å². The zero-order chi connectivity index (χ0) is 16.5. The number of unbranched alkanes of at least 4 members (excludes halogenated alkanes) is 6. The summed E-state index contributed by atoms with van der Waals surface area (Å²) in [5.74, 6) is 0. The molecule has 0 aromatic rings. The molecule has 0 saturated carbocycles. The molecule has 123 valence electrons. The quantitative estimate of drug-likeness (QED) is 0.189. The maximum Gasteiger partial charge on any atom is 0.246 e. The van der Waals surface area contributed by atoms with Crippen LogP contribution in [-0.2, 0) is 4.79 Å². The molecule has 4 heteroatoms. The molecule has 0 bridgehead atoms. The van der Waals surface area contributed by atoms with Gasteiger partial charge >= 0.3 is 0 Å². The van der Waals surface area contributed by atoms with Crippen molar-refractivity contribution in [2.24, 2.45) is 0 Å². The predicted octanol–water partition coefficient (Wildman–Crippen LogP) is 5.29. The minimum atomic E-state index is -0.301. The van der Waals surface area contributed by atoms with Gasteiger partial charge in [0.25, 0.3) is 0 Å². The minimum Gasteiger partial charge on any atom is -0.291 e. The Bertz CT molecular complexity index is 384. The van der Waals surface area contributed by atoms with E-state index < -0.39 is 0 Å². The molecule has 0 rings (SSSR count). The molecule has 22 heavy (non-hydrogen) atoms. The molecule has 0 N–H and O–H groups in total. The van der Waals surface area contributed by atoms with Crippen molar-refractivity contribution in [3.63, 3.8) is 0 Å². The highest BCUT2D eigenvalue weighted by molar-refractivity contribution is 5.50. The zero-order valence-corrected chi connectivity index (χ0v) is 13.6. The summed E-state index contributed by atoms with van der Waals surface area (Å²) in [5.41, 5.74) is 0.265. The van der Waals surface area contributed by atoms with Crippen LogP contribution >= 0.6 is 0 Å². The van der Waals surface area contributed by atoms with Gasteiger partial charge in [-0.05, 0) is 38.2 Å². The van der Waals surface area contributed by atoms with Gasteiger partial charge in [0.2, 0.25) is 5.70 Å². The minimum absolute atomic E-state index is 0.265. The van der Waals surface area contributed by atoms with Crippen molar-refractivity contribution < 1.29 is 9.72 Å². The van der Waals surface area contributed by atoms with E-state index in [4.69, 9.17) is 0 Å². The second-order valence-corrected chi connectivity index (χ2v) is 5.19. The Morgan fingerprint density at radius 1 is 1.05 bits per heavy atom. The van der Waals surface area contributed by atoms with Gasteiger partial charge in [-0.25, -0.2) is 0 Å². The van der Waals surface area contributed by atoms with Crippen molar-refractivity contribution in [2.75, 3.05) is 0 Å². The number of allylic oxidation sites excluding steroid dienone is 5. The van der Waals surface area contributed by atoms with Crippen LogP contribution in [0.1, 0.15) is 71.1 Å². The summed E-state index contributed by atoms with van der Waals surface area (Å²) < 4.78 is 0. The molecule has 0 spiro atoms. The summed E-state index contributed by atoms with van der Waals surface area (Å²) in [6, 6.07) is 0. The van der Waals surface area contributed by atoms with Gasteiger partial charge in [-0.15, -0.1) is 0 Å². The Hall–Kier alpha value is -1.71. The van der Waals surface area contributed by atoms with E-state index in [0.717, 1.165) is 38.5 Å². The van der Waals surface area contributed by atoms with Crippen molar-refractivity contribution in [1.82, 2.24) is 0 Å². The molecule has 0 aliphatic heterocycles. The van der Waals surface area contributed by atoms with E-state index in [-0.39, 0.29) is 10.6 Å². The highest BCUT2D eigenvalue weighted by atomic mass is 16.6. The van der Waals surface area contributed by atoms with Crippen molar-refractivity contribution in [3.05, 3.63) is 46.2 Å². The fourth-order valence-electron chi connectivity index (χ4n) is 2.01. The number of carbonyl (C=O) groups excluding carboxylic acids is 1. The first-order valence-corrected chi connectivity index (χ1v) is 8.20. The van der Waals surface area contributed by atoms with Crippen LogP contribution in [0.2, 0.25) is 0 Å². The van der Waals surface area contributed by atoms with Crippen LogP contribution in [0.5, 0.6) is 0 Å². The van der Waals surface area contributed by atoms with Gasteiger partial charge in [-0.1, -0.05) is 50.5 Å². The van der Waals surface area contributed by atoms with Crippen LogP contribution in [-0.4, -0.2) is 11.2 Å². The van der Waals surface area contributed by atoms with Crippen LogP contribution in [0, 0.1) is 10.1 Å². The van der Waals surface area contributed by atoms with E-state index in [2.05, 4.69) is 6.08 Å². The molecule has 1 radical (unpaired) electrons. The highest BCUT2D eigenvalue weighted by Crippen LogP contribution is 2.08. The summed E-state index contributed by atoms with van der Waals surface area (Å²) >= 11 is 0. The molecule has 0 atom stereocenters. The summed E-state index contributed by atoms with van der Waals surface area (Å²) in [6.07, 6.45) is 20.4. The van der Waals surface area contributed by atoms with E-state index >= 15 is 0 Å². The molecule has 4 nitrogen and oxygen atoms in total. The number of nitro groups is 1. The standard InChI is InChI=1S/C18H28NO3/c1-2-3-12-15-18(19(21)22)16-13-10-8-6-4-5-7-9-11-14-17-20/h3,8,10,12,16H,2,4-7,9,11,13-15H2,1H3/b10-8-,12-3-,18-16+. The second kappa shape index (κ2) is 15.7. The lowest BCUT2D eigenvalue weighted by Gasteiger charge is -1.97. The maximum atomic E-state index is 10.9. The van der Waals surface area contributed by atoms with Crippen LogP contribution < -0.4 is 0 Å². The molecule has 0 aliphatic rings. The number of nitrogens with zero attached hydrogens (tertiary/aromatic N) is 1. The van der Waals surface area contributed by atoms with Gasteiger partial charge in [0.05, 0.1) is 11.3 Å². The van der Waals surface area contributed by atoms with Crippen LogP contribution in [0.4, 0.5) is 0 Å². The van der Waals surface area contributed by atoms with Crippen molar-refractivity contribution in [1.29, 1.82) is 0 Å². The first-order valence-electron chi connectivity index (χ1n) is 8.20. The molecule has 0 saturated heterocycles. The van der Waals surface area contributed by atoms with Crippen molar-refractivity contribution in [2.45, 2.75) is 71.1 Å². The lowest BCUT2D eigenvalue weighted by atomic mass is 10.1. The SMILES string of the molecule is CC/C=C\C/C(=C\C/C=C\CCCCCCC[C]=O)[N+](=O)[O-]. The Morgan fingerprint density at radius 2 is 1.77 bits per heavy atom.